The molecule has 0 aliphatic rings. The zero-order chi connectivity index (χ0) is 15.6. The van der Waals surface area contributed by atoms with Crippen LogP contribution in [0.4, 0.5) is 0 Å². The van der Waals surface area contributed by atoms with Crippen molar-refractivity contribution in [1.82, 2.24) is 9.55 Å². The van der Waals surface area contributed by atoms with Crippen molar-refractivity contribution in [2.75, 3.05) is 0 Å². The SMILES string of the molecule is Cc1cscc1Cn1c(C)c(CCC(=O)O)c(C)nc1=O. The highest BCUT2D eigenvalue weighted by Gasteiger charge is 2.13. The number of aliphatic carboxylic acids is 1. The quantitative estimate of drug-likeness (QED) is 0.920. The summed E-state index contributed by atoms with van der Waals surface area (Å²) in [5.74, 6) is -0.847. The Labute approximate surface area is 126 Å². The number of rotatable bonds is 5. The summed E-state index contributed by atoms with van der Waals surface area (Å²) >= 11 is 1.61. The van der Waals surface area contributed by atoms with Gasteiger partial charge in [-0.15, -0.1) is 0 Å². The minimum absolute atomic E-state index is 0.0407. The number of thiophene rings is 1. The molecule has 0 spiro atoms. The minimum atomic E-state index is -0.847. The van der Waals surface area contributed by atoms with Gasteiger partial charge in [-0.05, 0) is 54.6 Å². The van der Waals surface area contributed by atoms with E-state index in [1.165, 1.54) is 0 Å². The van der Waals surface area contributed by atoms with Crippen LogP contribution in [0.15, 0.2) is 15.6 Å². The molecule has 0 amide bonds. The predicted molar refractivity (Wildman–Crippen MR) is 82.1 cm³/mol. The molecule has 6 heteroatoms. The van der Waals surface area contributed by atoms with Crippen molar-refractivity contribution < 1.29 is 9.90 Å². The van der Waals surface area contributed by atoms with Crippen LogP contribution in [-0.4, -0.2) is 20.6 Å². The van der Waals surface area contributed by atoms with Crippen molar-refractivity contribution >= 4 is 17.3 Å². The van der Waals surface area contributed by atoms with Gasteiger partial charge in [0.15, 0.2) is 0 Å². The van der Waals surface area contributed by atoms with E-state index in [4.69, 9.17) is 5.11 Å². The van der Waals surface area contributed by atoms with Gasteiger partial charge in [0.25, 0.3) is 0 Å². The summed E-state index contributed by atoms with van der Waals surface area (Å²) in [6.45, 7) is 6.10. The molecule has 0 unspecified atom stereocenters. The highest BCUT2D eigenvalue weighted by Crippen LogP contribution is 2.17. The Bertz CT molecular complexity index is 731. The van der Waals surface area contributed by atoms with Gasteiger partial charge in [-0.2, -0.15) is 16.3 Å². The van der Waals surface area contributed by atoms with E-state index in [-0.39, 0.29) is 12.1 Å². The molecule has 112 valence electrons. The fourth-order valence-electron chi connectivity index (χ4n) is 2.34. The molecule has 5 nitrogen and oxygen atoms in total. The standard InChI is InChI=1S/C15H18N2O3S/c1-9-7-21-8-12(9)6-17-11(3)13(4-5-14(18)19)10(2)16-15(17)20/h7-8H,4-6H2,1-3H3,(H,18,19). The Morgan fingerprint density at radius 1 is 1.33 bits per heavy atom. The molecule has 0 saturated heterocycles. The van der Waals surface area contributed by atoms with Crippen molar-refractivity contribution in [2.45, 2.75) is 40.2 Å². The average molecular weight is 306 g/mol. The van der Waals surface area contributed by atoms with Gasteiger partial charge in [-0.1, -0.05) is 0 Å². The van der Waals surface area contributed by atoms with Crippen LogP contribution in [0.2, 0.25) is 0 Å². The molecule has 2 aromatic heterocycles. The maximum Gasteiger partial charge on any atom is 0.348 e. The van der Waals surface area contributed by atoms with Gasteiger partial charge in [0.2, 0.25) is 0 Å². The third kappa shape index (κ3) is 3.39. The van der Waals surface area contributed by atoms with Crippen LogP contribution in [0.5, 0.6) is 0 Å². The highest BCUT2D eigenvalue weighted by atomic mass is 32.1. The Morgan fingerprint density at radius 3 is 2.62 bits per heavy atom. The van der Waals surface area contributed by atoms with Crippen molar-refractivity contribution in [3.63, 3.8) is 0 Å². The lowest BCUT2D eigenvalue weighted by Crippen LogP contribution is -2.28. The second-order valence-corrected chi connectivity index (χ2v) is 5.85. The zero-order valence-electron chi connectivity index (χ0n) is 12.3. The lowest BCUT2D eigenvalue weighted by molar-refractivity contribution is -0.136. The first-order valence-corrected chi connectivity index (χ1v) is 7.64. The van der Waals surface area contributed by atoms with Crippen molar-refractivity contribution in [1.29, 1.82) is 0 Å². The molecular weight excluding hydrogens is 288 g/mol. The number of hydrogen-bond acceptors (Lipinski definition) is 4. The van der Waals surface area contributed by atoms with Crippen LogP contribution in [0.1, 0.15) is 34.5 Å². The predicted octanol–water partition coefficient (Wildman–Crippen LogP) is 2.30. The maximum absolute atomic E-state index is 12.1. The van der Waals surface area contributed by atoms with E-state index in [0.29, 0.717) is 18.7 Å². The highest BCUT2D eigenvalue weighted by molar-refractivity contribution is 7.08. The van der Waals surface area contributed by atoms with E-state index >= 15 is 0 Å². The van der Waals surface area contributed by atoms with Gasteiger partial charge in [0.1, 0.15) is 0 Å². The molecule has 1 N–H and O–H groups in total. The van der Waals surface area contributed by atoms with Crippen molar-refractivity contribution in [3.8, 4) is 0 Å². The number of carbonyl (C=O) groups is 1. The number of aryl methyl sites for hydroxylation is 2. The van der Waals surface area contributed by atoms with Crippen molar-refractivity contribution in [2.24, 2.45) is 0 Å². The van der Waals surface area contributed by atoms with E-state index in [9.17, 15) is 9.59 Å². The molecule has 2 heterocycles. The minimum Gasteiger partial charge on any atom is -0.481 e. The monoisotopic (exact) mass is 306 g/mol. The Kier molecular flexibility index (Phi) is 4.57. The first kappa shape index (κ1) is 15.4. The molecule has 2 aromatic rings. The molecule has 0 aromatic carbocycles. The van der Waals surface area contributed by atoms with Crippen LogP contribution in [0, 0.1) is 20.8 Å². The van der Waals surface area contributed by atoms with Crippen LogP contribution in [-0.2, 0) is 17.8 Å². The fourth-order valence-corrected chi connectivity index (χ4v) is 3.19. The van der Waals surface area contributed by atoms with Gasteiger partial charge >= 0.3 is 11.7 Å². The molecule has 2 rings (SSSR count). The number of carboxylic acids is 1. The van der Waals surface area contributed by atoms with E-state index in [1.54, 1.807) is 22.8 Å². The molecule has 0 bridgehead atoms. The maximum atomic E-state index is 12.1. The third-order valence-corrected chi connectivity index (χ3v) is 4.56. The van der Waals surface area contributed by atoms with Gasteiger partial charge in [-0.25, -0.2) is 4.79 Å². The first-order valence-electron chi connectivity index (χ1n) is 6.70. The molecular formula is C15H18N2O3S. The molecule has 0 aliphatic heterocycles. The Morgan fingerprint density at radius 2 is 2.05 bits per heavy atom. The normalized spacial score (nSPS) is 10.8. The number of carboxylic acid groups (broad SMARTS) is 1. The third-order valence-electron chi connectivity index (χ3n) is 3.65. The van der Waals surface area contributed by atoms with E-state index in [1.807, 2.05) is 24.6 Å². The van der Waals surface area contributed by atoms with Crippen LogP contribution < -0.4 is 5.69 Å². The summed E-state index contributed by atoms with van der Waals surface area (Å²) in [6.07, 6.45) is 0.432. The smallest absolute Gasteiger partial charge is 0.348 e. The summed E-state index contributed by atoms with van der Waals surface area (Å²) in [6, 6.07) is 0. The largest absolute Gasteiger partial charge is 0.481 e. The average Bonchev–Trinajstić information content (AvgIpc) is 2.79. The lowest BCUT2D eigenvalue weighted by atomic mass is 10.1. The molecule has 0 saturated carbocycles. The first-order chi connectivity index (χ1) is 9.90. The summed E-state index contributed by atoms with van der Waals surface area (Å²) in [5.41, 5.74) is 4.25. The summed E-state index contributed by atoms with van der Waals surface area (Å²) in [7, 11) is 0. The number of aromatic nitrogens is 2. The second kappa shape index (κ2) is 6.22. The van der Waals surface area contributed by atoms with Gasteiger partial charge in [-0.3, -0.25) is 9.36 Å². The Hall–Kier alpha value is -1.95. The molecule has 0 radical (unpaired) electrons. The van der Waals surface area contributed by atoms with Crippen LogP contribution >= 0.6 is 11.3 Å². The summed E-state index contributed by atoms with van der Waals surface area (Å²) < 4.78 is 1.62. The fraction of sp³-hybridized carbons (Fsp3) is 0.400. The van der Waals surface area contributed by atoms with Gasteiger partial charge in [0, 0.05) is 17.8 Å². The van der Waals surface area contributed by atoms with Crippen molar-refractivity contribution in [3.05, 3.63) is 49.3 Å². The van der Waals surface area contributed by atoms with Crippen LogP contribution in [0.3, 0.4) is 0 Å². The van der Waals surface area contributed by atoms with Gasteiger partial charge < -0.3 is 5.11 Å². The van der Waals surface area contributed by atoms with Gasteiger partial charge in [0.05, 0.1) is 6.54 Å². The van der Waals surface area contributed by atoms with Crippen LogP contribution in [0.25, 0.3) is 0 Å². The molecule has 0 atom stereocenters. The molecule has 0 fully saturated rings. The summed E-state index contributed by atoms with van der Waals surface area (Å²) in [5, 5.41) is 12.9. The summed E-state index contributed by atoms with van der Waals surface area (Å²) in [4.78, 5) is 26.9. The molecule has 0 aliphatic carbocycles. The van der Waals surface area contributed by atoms with E-state index in [0.717, 1.165) is 22.4 Å². The second-order valence-electron chi connectivity index (χ2n) is 5.10. The Balaban J connectivity index is 2.41. The molecule has 21 heavy (non-hydrogen) atoms. The van der Waals surface area contributed by atoms with E-state index < -0.39 is 5.97 Å². The number of nitrogens with zero attached hydrogens (tertiary/aromatic N) is 2. The van der Waals surface area contributed by atoms with E-state index in [2.05, 4.69) is 4.98 Å². The topological polar surface area (TPSA) is 72.2 Å². The number of hydrogen-bond donors (Lipinski definition) is 1. The zero-order valence-corrected chi connectivity index (χ0v) is 13.2. The lowest BCUT2D eigenvalue weighted by Gasteiger charge is -2.15.